The zero-order chi connectivity index (χ0) is 19.6. The highest BCUT2D eigenvalue weighted by Crippen LogP contribution is 2.36. The van der Waals surface area contributed by atoms with Crippen LogP contribution in [0, 0.1) is 8.70 Å². The quantitative estimate of drug-likeness (QED) is 0.487. The molecule has 0 aliphatic heterocycles. The molecule has 0 unspecified atom stereocenters. The van der Waals surface area contributed by atoms with E-state index in [1.165, 1.54) is 23.5 Å². The summed E-state index contributed by atoms with van der Waals surface area (Å²) in [5, 5.41) is 7.61. The number of aryl methyl sites for hydroxylation is 1. The summed E-state index contributed by atoms with van der Waals surface area (Å²) in [6, 6.07) is 7.81. The lowest BCUT2D eigenvalue weighted by molar-refractivity contribution is 0.0942. The number of nitrogens with zero attached hydrogens (tertiary/aromatic N) is 2. The molecule has 0 radical (unpaired) electrons. The number of hydrogen-bond donors (Lipinski definition) is 2. The second kappa shape index (κ2) is 8.68. The van der Waals surface area contributed by atoms with Gasteiger partial charge < -0.3 is 11.1 Å². The first-order chi connectivity index (χ1) is 12.9. The molecule has 3 N–H and O–H groups in total. The average Bonchev–Trinajstić information content (AvgIpc) is 3.16. The summed E-state index contributed by atoms with van der Waals surface area (Å²) in [4.78, 5) is 13.2. The summed E-state index contributed by atoms with van der Waals surface area (Å²) in [6.07, 6.45) is 2.04. The van der Waals surface area contributed by atoms with Crippen LogP contribution in [0.15, 0.2) is 36.5 Å². The Bertz CT molecular complexity index is 955. The highest BCUT2D eigenvalue weighted by Gasteiger charge is 2.20. The van der Waals surface area contributed by atoms with Gasteiger partial charge in [-0.15, -0.1) is 11.3 Å². The third-order valence-electron chi connectivity index (χ3n) is 4.05. The van der Waals surface area contributed by atoms with E-state index in [0.29, 0.717) is 16.3 Å². The Kier molecular flexibility index (Phi) is 6.51. The number of halogens is 3. The van der Waals surface area contributed by atoms with E-state index in [1.807, 2.05) is 6.07 Å². The summed E-state index contributed by atoms with van der Waals surface area (Å²) < 4.78 is 16.0. The zero-order valence-electron chi connectivity index (χ0n) is 14.4. The Morgan fingerprint density at radius 3 is 2.89 bits per heavy atom. The molecule has 0 saturated heterocycles. The van der Waals surface area contributed by atoms with Crippen molar-refractivity contribution in [1.29, 1.82) is 0 Å². The molecule has 2 aromatic heterocycles. The standard InChI is InChI=1S/C18H17ClFIN4OS/c1-25-16(14(19)9-23-25)13-7-15(27-17(13)21)18(26)24-12(8-22)6-10-3-2-4-11(20)5-10/h2-5,7,9,12H,6,8,22H2,1H3,(H,24,26)/t12-/m0/s1. The molecule has 1 aromatic carbocycles. The van der Waals surface area contributed by atoms with Gasteiger partial charge in [0.05, 0.1) is 24.7 Å². The maximum absolute atomic E-state index is 13.4. The molecule has 3 rings (SSSR count). The molecule has 9 heteroatoms. The predicted molar refractivity (Wildman–Crippen MR) is 115 cm³/mol. The highest BCUT2D eigenvalue weighted by atomic mass is 127. The minimum absolute atomic E-state index is 0.214. The van der Waals surface area contributed by atoms with Gasteiger partial charge in [0.2, 0.25) is 0 Å². The van der Waals surface area contributed by atoms with Gasteiger partial charge in [-0.05, 0) is 52.8 Å². The lowest BCUT2D eigenvalue weighted by atomic mass is 10.1. The van der Waals surface area contributed by atoms with Gasteiger partial charge in [-0.2, -0.15) is 5.10 Å². The molecule has 0 aliphatic carbocycles. The predicted octanol–water partition coefficient (Wildman–Crippen LogP) is 3.85. The third-order valence-corrected chi connectivity index (χ3v) is 6.49. The van der Waals surface area contributed by atoms with E-state index in [4.69, 9.17) is 17.3 Å². The molecule has 27 heavy (non-hydrogen) atoms. The highest BCUT2D eigenvalue weighted by molar-refractivity contribution is 14.1. The maximum Gasteiger partial charge on any atom is 0.261 e. The smallest absolute Gasteiger partial charge is 0.261 e. The van der Waals surface area contributed by atoms with Crippen molar-refractivity contribution in [1.82, 2.24) is 15.1 Å². The first-order valence-corrected chi connectivity index (χ1v) is 10.4. The molecule has 0 fully saturated rings. The van der Waals surface area contributed by atoms with Crippen molar-refractivity contribution in [2.75, 3.05) is 6.54 Å². The van der Waals surface area contributed by atoms with Gasteiger partial charge in [-0.1, -0.05) is 23.7 Å². The SMILES string of the molecule is Cn1ncc(Cl)c1-c1cc(C(=O)N[C@H](CN)Cc2cccc(F)c2)sc1I. The monoisotopic (exact) mass is 518 g/mol. The number of hydrogen-bond acceptors (Lipinski definition) is 4. The number of rotatable bonds is 6. The molecule has 1 amide bonds. The molecule has 142 valence electrons. The van der Waals surface area contributed by atoms with Gasteiger partial charge in [0, 0.05) is 25.2 Å². The molecule has 0 saturated carbocycles. The fraction of sp³-hybridized carbons (Fsp3) is 0.222. The van der Waals surface area contributed by atoms with E-state index in [-0.39, 0.29) is 24.3 Å². The molecule has 0 bridgehead atoms. The number of aromatic nitrogens is 2. The van der Waals surface area contributed by atoms with Gasteiger partial charge in [0.1, 0.15) is 5.82 Å². The van der Waals surface area contributed by atoms with E-state index >= 15 is 0 Å². The van der Waals surface area contributed by atoms with E-state index in [2.05, 4.69) is 33.0 Å². The molecule has 2 heterocycles. The number of thiophene rings is 1. The Morgan fingerprint density at radius 2 is 2.26 bits per heavy atom. The fourth-order valence-electron chi connectivity index (χ4n) is 2.75. The molecule has 3 aromatic rings. The van der Waals surface area contributed by atoms with Crippen LogP contribution in [-0.2, 0) is 13.5 Å². The molecular formula is C18H17ClFIN4OS. The summed E-state index contributed by atoms with van der Waals surface area (Å²) in [6.45, 7) is 0.255. The zero-order valence-corrected chi connectivity index (χ0v) is 18.1. The summed E-state index contributed by atoms with van der Waals surface area (Å²) in [5.41, 5.74) is 8.22. The molecule has 1 atom stereocenters. The Morgan fingerprint density at radius 1 is 1.48 bits per heavy atom. The van der Waals surface area contributed by atoms with Gasteiger partial charge >= 0.3 is 0 Å². The van der Waals surface area contributed by atoms with E-state index < -0.39 is 0 Å². The number of carbonyl (C=O) groups is 1. The summed E-state index contributed by atoms with van der Waals surface area (Å²) >= 11 is 9.78. The number of amides is 1. The Hall–Kier alpha value is -1.49. The Balaban J connectivity index is 1.76. The first kappa shape index (κ1) is 20.2. The van der Waals surface area contributed by atoms with Gasteiger partial charge in [0.25, 0.3) is 5.91 Å². The molecule has 0 aliphatic rings. The molecular weight excluding hydrogens is 502 g/mol. The van der Waals surface area contributed by atoms with E-state index in [1.54, 1.807) is 30.1 Å². The van der Waals surface area contributed by atoms with Crippen LogP contribution in [0.5, 0.6) is 0 Å². The second-order valence-electron chi connectivity index (χ2n) is 6.00. The van der Waals surface area contributed by atoms with Crippen LogP contribution < -0.4 is 11.1 Å². The van der Waals surface area contributed by atoms with Crippen molar-refractivity contribution < 1.29 is 9.18 Å². The van der Waals surface area contributed by atoms with Gasteiger partial charge in [-0.25, -0.2) is 4.39 Å². The van der Waals surface area contributed by atoms with Crippen LogP contribution >= 0.6 is 45.5 Å². The third kappa shape index (κ3) is 4.68. The van der Waals surface area contributed by atoms with Crippen LogP contribution in [0.4, 0.5) is 4.39 Å². The summed E-state index contributed by atoms with van der Waals surface area (Å²) in [7, 11) is 1.80. The number of nitrogens with two attached hydrogens (primary N) is 1. The molecule has 0 spiro atoms. The summed E-state index contributed by atoms with van der Waals surface area (Å²) in [5.74, 6) is -0.519. The van der Waals surface area contributed by atoms with Crippen molar-refractivity contribution >= 4 is 51.4 Å². The van der Waals surface area contributed by atoms with Crippen molar-refractivity contribution in [2.45, 2.75) is 12.5 Å². The van der Waals surface area contributed by atoms with Crippen LogP contribution in [0.1, 0.15) is 15.2 Å². The molecule has 5 nitrogen and oxygen atoms in total. The number of nitrogens with one attached hydrogen (secondary N) is 1. The van der Waals surface area contributed by atoms with Gasteiger partial charge in [-0.3, -0.25) is 9.48 Å². The van der Waals surface area contributed by atoms with Crippen LogP contribution in [-0.4, -0.2) is 28.3 Å². The van der Waals surface area contributed by atoms with E-state index in [0.717, 1.165) is 19.7 Å². The maximum atomic E-state index is 13.4. The lowest BCUT2D eigenvalue weighted by Crippen LogP contribution is -2.41. The lowest BCUT2D eigenvalue weighted by Gasteiger charge is -2.16. The van der Waals surface area contributed by atoms with Crippen LogP contribution in [0.25, 0.3) is 11.3 Å². The normalized spacial score (nSPS) is 12.2. The van der Waals surface area contributed by atoms with Crippen molar-refractivity contribution in [3.63, 3.8) is 0 Å². The topological polar surface area (TPSA) is 72.9 Å². The minimum atomic E-state index is -0.305. The second-order valence-corrected chi connectivity index (χ2v) is 9.27. The number of carbonyl (C=O) groups excluding carboxylic acids is 1. The average molecular weight is 519 g/mol. The van der Waals surface area contributed by atoms with Crippen molar-refractivity contribution in [2.24, 2.45) is 12.8 Å². The van der Waals surface area contributed by atoms with Crippen molar-refractivity contribution in [3.8, 4) is 11.3 Å². The number of benzene rings is 1. The largest absolute Gasteiger partial charge is 0.347 e. The van der Waals surface area contributed by atoms with Crippen LogP contribution in [0.3, 0.4) is 0 Å². The fourth-order valence-corrected chi connectivity index (χ4v) is 4.93. The first-order valence-electron chi connectivity index (χ1n) is 8.11. The van der Waals surface area contributed by atoms with E-state index in [9.17, 15) is 9.18 Å². The van der Waals surface area contributed by atoms with Gasteiger partial charge in [0.15, 0.2) is 0 Å². The van der Waals surface area contributed by atoms with Crippen molar-refractivity contribution in [3.05, 3.63) is 60.7 Å². The minimum Gasteiger partial charge on any atom is -0.347 e. The Labute approximate surface area is 178 Å². The van der Waals surface area contributed by atoms with Crippen LogP contribution in [0.2, 0.25) is 5.02 Å².